The molecule has 0 amide bonds. The molecule has 0 bridgehead atoms. The summed E-state index contributed by atoms with van der Waals surface area (Å²) in [5.41, 5.74) is 1.18. The van der Waals surface area contributed by atoms with Crippen molar-refractivity contribution in [3.8, 4) is 0 Å². The van der Waals surface area contributed by atoms with Crippen LogP contribution >= 0.6 is 11.8 Å². The lowest BCUT2D eigenvalue weighted by atomic mass is 10.2. The third kappa shape index (κ3) is 3.97. The molecule has 0 unspecified atom stereocenters. The van der Waals surface area contributed by atoms with Gasteiger partial charge in [-0.25, -0.2) is 4.98 Å². The van der Waals surface area contributed by atoms with Crippen LogP contribution in [0.25, 0.3) is 0 Å². The number of nitrogens with zero attached hydrogens (tertiary/aromatic N) is 2. The van der Waals surface area contributed by atoms with Gasteiger partial charge in [-0.15, -0.1) is 0 Å². The summed E-state index contributed by atoms with van der Waals surface area (Å²) in [6, 6.07) is 20.4. The summed E-state index contributed by atoms with van der Waals surface area (Å²) in [5, 5.41) is 0.939. The summed E-state index contributed by atoms with van der Waals surface area (Å²) in [7, 11) is 0. The number of hydrogen-bond donors (Lipinski definition) is 0. The van der Waals surface area contributed by atoms with Crippen LogP contribution in [-0.2, 0) is 18.1 Å². The molecule has 106 valence electrons. The van der Waals surface area contributed by atoms with E-state index in [2.05, 4.69) is 29.2 Å². The maximum absolute atomic E-state index is 5.75. The fourth-order valence-corrected chi connectivity index (χ4v) is 2.78. The minimum Gasteiger partial charge on any atom is -0.356 e. The van der Waals surface area contributed by atoms with Crippen molar-refractivity contribution in [1.82, 2.24) is 9.55 Å². The van der Waals surface area contributed by atoms with Gasteiger partial charge >= 0.3 is 0 Å². The molecule has 3 nitrogen and oxygen atoms in total. The van der Waals surface area contributed by atoms with Crippen molar-refractivity contribution in [2.24, 2.45) is 0 Å². The number of ether oxygens (including phenoxy) is 1. The van der Waals surface area contributed by atoms with Crippen molar-refractivity contribution in [3.05, 3.63) is 78.6 Å². The normalized spacial score (nSPS) is 10.7. The zero-order valence-electron chi connectivity index (χ0n) is 11.6. The van der Waals surface area contributed by atoms with E-state index in [1.165, 1.54) is 10.5 Å². The predicted molar refractivity (Wildman–Crippen MR) is 84.0 cm³/mol. The van der Waals surface area contributed by atoms with Gasteiger partial charge in [-0.3, -0.25) is 0 Å². The molecule has 21 heavy (non-hydrogen) atoms. The van der Waals surface area contributed by atoms with E-state index in [9.17, 15) is 0 Å². The average molecular weight is 296 g/mol. The van der Waals surface area contributed by atoms with Crippen LogP contribution in [0, 0.1) is 0 Å². The third-order valence-corrected chi connectivity index (χ3v) is 4.00. The molecule has 0 saturated heterocycles. The highest BCUT2D eigenvalue weighted by Gasteiger charge is 2.05. The van der Waals surface area contributed by atoms with Crippen LogP contribution in [0.15, 0.2) is 83.1 Å². The number of rotatable bonds is 6. The Morgan fingerprint density at radius 2 is 1.67 bits per heavy atom. The Balaban J connectivity index is 1.58. The number of imidazole rings is 1. The van der Waals surface area contributed by atoms with Gasteiger partial charge in [-0.2, -0.15) is 0 Å². The topological polar surface area (TPSA) is 27.1 Å². The maximum atomic E-state index is 5.75. The summed E-state index contributed by atoms with van der Waals surface area (Å²) >= 11 is 1.64. The molecule has 0 aliphatic carbocycles. The molecule has 1 heterocycles. The Morgan fingerprint density at radius 3 is 2.43 bits per heavy atom. The first-order valence-corrected chi connectivity index (χ1v) is 7.59. The second kappa shape index (κ2) is 7.11. The highest BCUT2D eigenvalue weighted by atomic mass is 32.2. The minimum absolute atomic E-state index is 0.504. The van der Waals surface area contributed by atoms with Gasteiger partial charge in [0, 0.05) is 17.3 Å². The molecule has 0 spiro atoms. The third-order valence-electron chi connectivity index (χ3n) is 2.97. The van der Waals surface area contributed by atoms with Crippen LogP contribution in [0.2, 0.25) is 0 Å². The first-order chi connectivity index (χ1) is 10.4. The molecule has 0 saturated carbocycles. The van der Waals surface area contributed by atoms with Crippen LogP contribution in [0.4, 0.5) is 0 Å². The second-order valence-electron chi connectivity index (χ2n) is 4.56. The van der Waals surface area contributed by atoms with Crippen LogP contribution in [0.3, 0.4) is 0 Å². The Kier molecular flexibility index (Phi) is 4.71. The summed E-state index contributed by atoms with van der Waals surface area (Å²) in [4.78, 5) is 5.56. The van der Waals surface area contributed by atoms with E-state index < -0.39 is 0 Å². The largest absolute Gasteiger partial charge is 0.356 e. The molecule has 4 heteroatoms. The van der Waals surface area contributed by atoms with E-state index in [4.69, 9.17) is 4.74 Å². The number of benzene rings is 2. The molecule has 1 aromatic heterocycles. The Labute approximate surface area is 128 Å². The van der Waals surface area contributed by atoms with Gasteiger partial charge in [0.05, 0.1) is 6.61 Å². The summed E-state index contributed by atoms with van der Waals surface area (Å²) in [6.07, 6.45) is 3.74. The van der Waals surface area contributed by atoms with Gasteiger partial charge < -0.3 is 9.30 Å². The molecule has 0 radical (unpaired) electrons. The first kappa shape index (κ1) is 13.9. The second-order valence-corrected chi connectivity index (χ2v) is 5.60. The highest BCUT2D eigenvalue weighted by Crippen LogP contribution is 2.25. The lowest BCUT2D eigenvalue weighted by Gasteiger charge is -2.08. The molecule has 0 N–H and O–H groups in total. The Bertz CT molecular complexity index is 668. The van der Waals surface area contributed by atoms with Gasteiger partial charge in [-0.05, 0) is 17.7 Å². The van der Waals surface area contributed by atoms with Crippen molar-refractivity contribution in [2.75, 3.05) is 0 Å². The van der Waals surface area contributed by atoms with Crippen molar-refractivity contribution < 1.29 is 4.74 Å². The van der Waals surface area contributed by atoms with Crippen LogP contribution in [0.5, 0.6) is 0 Å². The average Bonchev–Trinajstić information content (AvgIpc) is 2.97. The van der Waals surface area contributed by atoms with E-state index in [-0.39, 0.29) is 0 Å². The summed E-state index contributed by atoms with van der Waals surface area (Å²) in [5.74, 6) is 0. The highest BCUT2D eigenvalue weighted by molar-refractivity contribution is 7.99. The van der Waals surface area contributed by atoms with Gasteiger partial charge in [0.1, 0.15) is 6.73 Å². The van der Waals surface area contributed by atoms with Gasteiger partial charge in [0.15, 0.2) is 5.16 Å². The SMILES string of the molecule is c1ccc(COCn2ccnc2Sc2ccccc2)cc1. The fraction of sp³-hybridized carbons (Fsp3) is 0.118. The van der Waals surface area contributed by atoms with Crippen molar-refractivity contribution in [1.29, 1.82) is 0 Å². The molecular weight excluding hydrogens is 280 g/mol. The quantitative estimate of drug-likeness (QED) is 0.682. The van der Waals surface area contributed by atoms with Crippen molar-refractivity contribution in [2.45, 2.75) is 23.4 Å². The first-order valence-electron chi connectivity index (χ1n) is 6.77. The van der Waals surface area contributed by atoms with Crippen LogP contribution < -0.4 is 0 Å². The Morgan fingerprint density at radius 1 is 0.952 bits per heavy atom. The molecule has 0 aliphatic heterocycles. The minimum atomic E-state index is 0.504. The molecule has 3 rings (SSSR count). The van der Waals surface area contributed by atoms with E-state index in [1.54, 1.807) is 18.0 Å². The zero-order valence-corrected chi connectivity index (χ0v) is 12.4. The van der Waals surface area contributed by atoms with Gasteiger partial charge in [0.2, 0.25) is 0 Å². The molecule has 0 atom stereocenters. The van der Waals surface area contributed by atoms with Crippen molar-refractivity contribution in [3.63, 3.8) is 0 Å². The molecule has 0 aliphatic rings. The molecule has 0 fully saturated rings. The molecular formula is C17H16N2OS. The molecule has 2 aromatic carbocycles. The smallest absolute Gasteiger partial charge is 0.174 e. The van der Waals surface area contributed by atoms with Crippen LogP contribution in [0.1, 0.15) is 5.56 Å². The monoisotopic (exact) mass is 296 g/mol. The standard InChI is InChI=1S/C17H16N2OS/c1-3-7-15(8-4-1)13-20-14-19-12-11-18-17(19)21-16-9-5-2-6-10-16/h1-12H,13-14H2. The van der Waals surface area contributed by atoms with E-state index >= 15 is 0 Å². The van der Waals surface area contributed by atoms with Crippen molar-refractivity contribution >= 4 is 11.8 Å². The lowest BCUT2D eigenvalue weighted by Crippen LogP contribution is -2.03. The van der Waals surface area contributed by atoms with E-state index in [0.29, 0.717) is 13.3 Å². The molecule has 3 aromatic rings. The van der Waals surface area contributed by atoms with Gasteiger partial charge in [0.25, 0.3) is 0 Å². The number of aromatic nitrogens is 2. The number of hydrogen-bond acceptors (Lipinski definition) is 3. The lowest BCUT2D eigenvalue weighted by molar-refractivity contribution is 0.0587. The van der Waals surface area contributed by atoms with Gasteiger partial charge in [-0.1, -0.05) is 60.3 Å². The van der Waals surface area contributed by atoms with E-state index in [1.807, 2.05) is 47.2 Å². The summed E-state index contributed by atoms with van der Waals surface area (Å²) < 4.78 is 7.77. The van der Waals surface area contributed by atoms with E-state index in [0.717, 1.165) is 5.16 Å². The predicted octanol–water partition coefficient (Wildman–Crippen LogP) is 4.21. The zero-order chi connectivity index (χ0) is 14.3. The fourth-order valence-electron chi connectivity index (χ4n) is 1.93. The van der Waals surface area contributed by atoms with Crippen LogP contribution in [-0.4, -0.2) is 9.55 Å². The Hall–Kier alpha value is -2.04. The summed E-state index contributed by atoms with van der Waals surface area (Å²) in [6.45, 7) is 1.11. The maximum Gasteiger partial charge on any atom is 0.174 e.